The summed E-state index contributed by atoms with van der Waals surface area (Å²) in [6, 6.07) is 6.54. The van der Waals surface area contributed by atoms with Crippen LogP contribution in [0.2, 0.25) is 0 Å². The Bertz CT molecular complexity index is 455. The van der Waals surface area contributed by atoms with Gasteiger partial charge in [-0.3, -0.25) is 4.21 Å². The lowest BCUT2D eigenvalue weighted by atomic mass is 10.2. The van der Waals surface area contributed by atoms with Gasteiger partial charge in [-0.1, -0.05) is 12.1 Å². The third kappa shape index (κ3) is 3.17. The van der Waals surface area contributed by atoms with Gasteiger partial charge in [-0.25, -0.2) is 4.79 Å². The van der Waals surface area contributed by atoms with E-state index in [-0.39, 0.29) is 5.56 Å². The van der Waals surface area contributed by atoms with E-state index in [0.717, 1.165) is 19.6 Å². The van der Waals surface area contributed by atoms with Gasteiger partial charge in [0.2, 0.25) is 0 Å². The molecule has 1 heterocycles. The lowest BCUT2D eigenvalue weighted by Crippen LogP contribution is -2.25. The van der Waals surface area contributed by atoms with Gasteiger partial charge in [-0.15, -0.1) is 0 Å². The van der Waals surface area contributed by atoms with Crippen LogP contribution in [0.4, 0.5) is 0 Å². The summed E-state index contributed by atoms with van der Waals surface area (Å²) in [6.45, 7) is 2.91. The lowest BCUT2D eigenvalue weighted by Gasteiger charge is -2.14. The van der Waals surface area contributed by atoms with Gasteiger partial charge in [0.25, 0.3) is 0 Å². The van der Waals surface area contributed by atoms with Crippen molar-refractivity contribution in [3.05, 3.63) is 29.8 Å². The molecule has 18 heavy (non-hydrogen) atoms. The molecule has 5 heteroatoms. The van der Waals surface area contributed by atoms with Crippen LogP contribution in [0.15, 0.2) is 29.2 Å². The highest BCUT2D eigenvalue weighted by Gasteiger charge is 2.17. The van der Waals surface area contributed by atoms with Gasteiger partial charge in [0.1, 0.15) is 0 Å². The number of carboxylic acid groups (broad SMARTS) is 1. The number of aromatic carboxylic acids is 1. The van der Waals surface area contributed by atoms with E-state index >= 15 is 0 Å². The van der Waals surface area contributed by atoms with E-state index in [1.165, 1.54) is 18.9 Å². The number of rotatable bonds is 5. The van der Waals surface area contributed by atoms with Crippen LogP contribution in [-0.2, 0) is 10.8 Å². The monoisotopic (exact) mass is 267 g/mol. The highest BCUT2D eigenvalue weighted by molar-refractivity contribution is 7.85. The number of hydrogen-bond donors (Lipinski definition) is 1. The maximum absolute atomic E-state index is 12.1. The first kappa shape index (κ1) is 13.2. The maximum atomic E-state index is 12.1. The first-order valence-corrected chi connectivity index (χ1v) is 7.43. The predicted octanol–water partition coefficient (Wildman–Crippen LogP) is 1.59. The minimum absolute atomic E-state index is 0.150. The fraction of sp³-hybridized carbons (Fsp3) is 0.462. The van der Waals surface area contributed by atoms with Crippen molar-refractivity contribution >= 4 is 16.8 Å². The molecule has 0 amide bonds. The Morgan fingerprint density at radius 1 is 1.28 bits per heavy atom. The summed E-state index contributed by atoms with van der Waals surface area (Å²) >= 11 is 0. The van der Waals surface area contributed by atoms with Gasteiger partial charge in [0.05, 0.1) is 21.3 Å². The highest BCUT2D eigenvalue weighted by Crippen LogP contribution is 2.15. The van der Waals surface area contributed by atoms with Crippen LogP contribution in [0.25, 0.3) is 0 Å². The normalized spacial score (nSPS) is 17.8. The molecular formula is C13H17NO3S. The van der Waals surface area contributed by atoms with Crippen LogP contribution in [0.5, 0.6) is 0 Å². The molecule has 0 spiro atoms. The summed E-state index contributed by atoms with van der Waals surface area (Å²) in [4.78, 5) is 13.8. The minimum atomic E-state index is -1.23. The molecule has 0 aromatic heterocycles. The topological polar surface area (TPSA) is 57.6 Å². The van der Waals surface area contributed by atoms with E-state index in [9.17, 15) is 9.00 Å². The molecule has 98 valence electrons. The average molecular weight is 267 g/mol. The van der Waals surface area contributed by atoms with Gasteiger partial charge in [0, 0.05) is 12.3 Å². The quantitative estimate of drug-likeness (QED) is 0.880. The Hall–Kier alpha value is -1.20. The summed E-state index contributed by atoms with van der Waals surface area (Å²) in [7, 11) is -1.23. The number of benzene rings is 1. The standard InChI is InChI=1S/C13H17NO3S/c15-13(16)11-5-1-2-6-12(11)18(17)10-9-14-7-3-4-8-14/h1-2,5-6H,3-4,7-10H2,(H,15,16). The van der Waals surface area contributed by atoms with Crippen molar-refractivity contribution in [3.63, 3.8) is 0 Å². The van der Waals surface area contributed by atoms with Crippen LogP contribution in [0.1, 0.15) is 23.2 Å². The molecule has 1 aromatic carbocycles. The van der Waals surface area contributed by atoms with E-state index in [2.05, 4.69) is 4.90 Å². The summed E-state index contributed by atoms with van der Waals surface area (Å²) in [6.07, 6.45) is 2.41. The van der Waals surface area contributed by atoms with Crippen molar-refractivity contribution in [1.29, 1.82) is 0 Å². The van der Waals surface area contributed by atoms with Crippen molar-refractivity contribution in [2.45, 2.75) is 17.7 Å². The molecule has 1 aliphatic rings. The zero-order valence-corrected chi connectivity index (χ0v) is 11.0. The van der Waals surface area contributed by atoms with Gasteiger partial charge in [0.15, 0.2) is 0 Å². The lowest BCUT2D eigenvalue weighted by molar-refractivity contribution is 0.0693. The second-order valence-electron chi connectivity index (χ2n) is 4.40. The van der Waals surface area contributed by atoms with Gasteiger partial charge >= 0.3 is 5.97 Å². The van der Waals surface area contributed by atoms with Crippen molar-refractivity contribution in [2.24, 2.45) is 0 Å². The number of hydrogen-bond acceptors (Lipinski definition) is 3. The second kappa shape index (κ2) is 6.11. The third-order valence-corrected chi connectivity index (χ3v) is 4.55. The fourth-order valence-corrected chi connectivity index (χ4v) is 3.44. The van der Waals surface area contributed by atoms with Gasteiger partial charge < -0.3 is 10.0 Å². The van der Waals surface area contributed by atoms with Gasteiger partial charge in [-0.05, 0) is 38.1 Å². The summed E-state index contributed by atoms with van der Waals surface area (Å²) in [5.74, 6) is -0.510. The van der Waals surface area contributed by atoms with E-state index in [4.69, 9.17) is 5.11 Å². The number of carboxylic acids is 1. The molecule has 1 aliphatic heterocycles. The first-order chi connectivity index (χ1) is 8.68. The zero-order chi connectivity index (χ0) is 13.0. The SMILES string of the molecule is O=C(O)c1ccccc1S(=O)CCN1CCCC1. The molecule has 1 N–H and O–H groups in total. The average Bonchev–Trinajstić information content (AvgIpc) is 2.89. The van der Waals surface area contributed by atoms with Gasteiger partial charge in [-0.2, -0.15) is 0 Å². The van der Waals surface area contributed by atoms with E-state index < -0.39 is 16.8 Å². The minimum Gasteiger partial charge on any atom is -0.478 e. The van der Waals surface area contributed by atoms with E-state index in [0.29, 0.717) is 10.6 Å². The molecule has 1 aromatic rings. The van der Waals surface area contributed by atoms with Crippen molar-refractivity contribution in [3.8, 4) is 0 Å². The molecule has 2 rings (SSSR count). The molecule has 1 saturated heterocycles. The van der Waals surface area contributed by atoms with Crippen LogP contribution >= 0.6 is 0 Å². The smallest absolute Gasteiger partial charge is 0.336 e. The summed E-state index contributed by atoms with van der Waals surface area (Å²) in [5, 5.41) is 9.05. The molecule has 1 unspecified atom stereocenters. The second-order valence-corrected chi connectivity index (χ2v) is 5.94. The number of likely N-dealkylation sites (tertiary alicyclic amines) is 1. The van der Waals surface area contributed by atoms with Crippen molar-refractivity contribution in [1.82, 2.24) is 4.90 Å². The Kier molecular flexibility index (Phi) is 4.49. The molecule has 0 radical (unpaired) electrons. The number of nitrogens with zero attached hydrogens (tertiary/aromatic N) is 1. The Morgan fingerprint density at radius 3 is 2.61 bits per heavy atom. The highest BCUT2D eigenvalue weighted by atomic mass is 32.2. The van der Waals surface area contributed by atoms with E-state index in [1.807, 2.05) is 0 Å². The largest absolute Gasteiger partial charge is 0.478 e. The predicted molar refractivity (Wildman–Crippen MR) is 70.4 cm³/mol. The molecular weight excluding hydrogens is 250 g/mol. The molecule has 1 atom stereocenters. The van der Waals surface area contributed by atoms with Crippen molar-refractivity contribution in [2.75, 3.05) is 25.4 Å². The van der Waals surface area contributed by atoms with Crippen LogP contribution in [-0.4, -0.2) is 45.6 Å². The fourth-order valence-electron chi connectivity index (χ4n) is 2.17. The van der Waals surface area contributed by atoms with Crippen LogP contribution in [0.3, 0.4) is 0 Å². The Balaban J connectivity index is 2.01. The first-order valence-electron chi connectivity index (χ1n) is 6.11. The van der Waals surface area contributed by atoms with E-state index in [1.54, 1.807) is 18.2 Å². The molecule has 4 nitrogen and oxygen atoms in total. The molecule has 0 saturated carbocycles. The van der Waals surface area contributed by atoms with Crippen LogP contribution < -0.4 is 0 Å². The molecule has 0 bridgehead atoms. The number of carbonyl (C=O) groups is 1. The third-order valence-electron chi connectivity index (χ3n) is 3.15. The molecule has 0 aliphatic carbocycles. The molecule has 1 fully saturated rings. The Labute approximate surface area is 109 Å². The zero-order valence-electron chi connectivity index (χ0n) is 10.2. The van der Waals surface area contributed by atoms with Crippen molar-refractivity contribution < 1.29 is 14.1 Å². The Morgan fingerprint density at radius 2 is 1.94 bits per heavy atom. The van der Waals surface area contributed by atoms with Crippen LogP contribution in [0, 0.1) is 0 Å². The maximum Gasteiger partial charge on any atom is 0.336 e. The summed E-state index contributed by atoms with van der Waals surface area (Å²) in [5.41, 5.74) is 0.150. The summed E-state index contributed by atoms with van der Waals surface area (Å²) < 4.78 is 12.1.